The third kappa shape index (κ3) is 6.28. The summed E-state index contributed by atoms with van der Waals surface area (Å²) in [4.78, 5) is 11.5. The number of carbonyl (C=O) groups excluding carboxylic acids is 1. The summed E-state index contributed by atoms with van der Waals surface area (Å²) in [5, 5.41) is 2.86. The van der Waals surface area contributed by atoms with Gasteiger partial charge in [0.1, 0.15) is 5.75 Å². The van der Waals surface area contributed by atoms with Gasteiger partial charge >= 0.3 is 0 Å². The minimum atomic E-state index is -0.0562. The van der Waals surface area contributed by atoms with E-state index in [0.717, 1.165) is 25.1 Å². The van der Waals surface area contributed by atoms with E-state index in [4.69, 9.17) is 4.74 Å². The summed E-state index contributed by atoms with van der Waals surface area (Å²) in [7, 11) is 0. The zero-order valence-corrected chi connectivity index (χ0v) is 11.5. The number of aryl methyl sites for hydroxylation is 1. The molecule has 0 spiro atoms. The third-order valence-corrected chi connectivity index (χ3v) is 2.67. The monoisotopic (exact) mass is 249 g/mol. The molecule has 0 fully saturated rings. The molecule has 0 aliphatic heterocycles. The second-order valence-corrected chi connectivity index (χ2v) is 4.99. The first-order valence-corrected chi connectivity index (χ1v) is 6.54. The molecule has 0 aromatic heterocycles. The van der Waals surface area contributed by atoms with Gasteiger partial charge in [-0.2, -0.15) is 0 Å². The van der Waals surface area contributed by atoms with Crippen LogP contribution in [0.25, 0.3) is 0 Å². The largest absolute Gasteiger partial charge is 0.484 e. The quantitative estimate of drug-likeness (QED) is 0.755. The zero-order chi connectivity index (χ0) is 13.4. The fraction of sp³-hybridized carbons (Fsp3) is 0.533. The van der Waals surface area contributed by atoms with E-state index in [2.05, 4.69) is 19.2 Å². The van der Waals surface area contributed by atoms with Crippen LogP contribution in [0.4, 0.5) is 0 Å². The van der Waals surface area contributed by atoms with Crippen LogP contribution in [-0.2, 0) is 4.79 Å². The Hall–Kier alpha value is -1.51. The third-order valence-electron chi connectivity index (χ3n) is 2.67. The molecular formula is C15H23NO2. The summed E-state index contributed by atoms with van der Waals surface area (Å²) in [6, 6.07) is 7.69. The molecule has 0 aliphatic rings. The van der Waals surface area contributed by atoms with Gasteiger partial charge in [-0.25, -0.2) is 0 Å². The fourth-order valence-electron chi connectivity index (χ4n) is 1.57. The highest BCUT2D eigenvalue weighted by Gasteiger charge is 2.02. The minimum absolute atomic E-state index is 0.0562. The van der Waals surface area contributed by atoms with Crippen LogP contribution in [0.1, 0.15) is 32.3 Å². The summed E-state index contributed by atoms with van der Waals surface area (Å²) in [6.07, 6.45) is 2.16. The van der Waals surface area contributed by atoms with Crippen molar-refractivity contribution in [2.24, 2.45) is 5.92 Å². The van der Waals surface area contributed by atoms with Gasteiger partial charge in [-0.15, -0.1) is 0 Å². The van der Waals surface area contributed by atoms with Crippen LogP contribution in [0.3, 0.4) is 0 Å². The first-order valence-electron chi connectivity index (χ1n) is 6.54. The number of ether oxygens (including phenoxy) is 1. The number of benzene rings is 1. The Morgan fingerprint density at radius 1 is 1.28 bits per heavy atom. The lowest BCUT2D eigenvalue weighted by molar-refractivity contribution is -0.123. The molecule has 0 heterocycles. The average molecular weight is 249 g/mol. The SMILES string of the molecule is Cc1ccc(OCC(=O)NCCCC(C)C)cc1. The van der Waals surface area contributed by atoms with Crippen LogP contribution in [0.2, 0.25) is 0 Å². The van der Waals surface area contributed by atoms with Crippen molar-refractivity contribution in [1.29, 1.82) is 0 Å². The molecule has 3 heteroatoms. The lowest BCUT2D eigenvalue weighted by atomic mass is 10.1. The maximum atomic E-state index is 11.5. The lowest BCUT2D eigenvalue weighted by Crippen LogP contribution is -2.29. The van der Waals surface area contributed by atoms with Crippen LogP contribution in [0, 0.1) is 12.8 Å². The second kappa shape index (κ2) is 7.75. The molecule has 3 nitrogen and oxygen atoms in total. The molecule has 1 aromatic carbocycles. The van der Waals surface area contributed by atoms with E-state index in [0.29, 0.717) is 5.92 Å². The number of carbonyl (C=O) groups is 1. The van der Waals surface area contributed by atoms with Gasteiger partial charge in [0.05, 0.1) is 0 Å². The van der Waals surface area contributed by atoms with Crippen molar-refractivity contribution in [3.8, 4) is 5.75 Å². The highest BCUT2D eigenvalue weighted by molar-refractivity contribution is 5.77. The van der Waals surface area contributed by atoms with Crippen molar-refractivity contribution in [3.63, 3.8) is 0 Å². The number of rotatable bonds is 7. The van der Waals surface area contributed by atoms with Gasteiger partial charge in [0.25, 0.3) is 5.91 Å². The minimum Gasteiger partial charge on any atom is -0.484 e. The van der Waals surface area contributed by atoms with Gasteiger partial charge in [0.2, 0.25) is 0 Å². The molecule has 1 amide bonds. The molecule has 0 radical (unpaired) electrons. The van der Waals surface area contributed by atoms with Gasteiger partial charge in [-0.3, -0.25) is 4.79 Å². The molecule has 0 saturated carbocycles. The Labute approximate surface area is 110 Å². The maximum absolute atomic E-state index is 11.5. The van der Waals surface area contributed by atoms with Crippen molar-refractivity contribution < 1.29 is 9.53 Å². The lowest BCUT2D eigenvalue weighted by Gasteiger charge is -2.08. The van der Waals surface area contributed by atoms with Gasteiger partial charge in [-0.1, -0.05) is 31.5 Å². The number of hydrogen-bond donors (Lipinski definition) is 1. The molecule has 0 atom stereocenters. The van der Waals surface area contributed by atoms with Crippen molar-refractivity contribution in [2.75, 3.05) is 13.2 Å². The Balaban J connectivity index is 2.15. The standard InChI is InChI=1S/C15H23NO2/c1-12(2)5-4-10-16-15(17)11-18-14-8-6-13(3)7-9-14/h6-9,12H,4-5,10-11H2,1-3H3,(H,16,17). The van der Waals surface area contributed by atoms with Crippen LogP contribution in [0.5, 0.6) is 5.75 Å². The average Bonchev–Trinajstić information content (AvgIpc) is 2.34. The summed E-state index contributed by atoms with van der Waals surface area (Å²) < 4.78 is 5.39. The summed E-state index contributed by atoms with van der Waals surface area (Å²) in [5.41, 5.74) is 1.18. The summed E-state index contributed by atoms with van der Waals surface area (Å²) in [5.74, 6) is 1.36. The van der Waals surface area contributed by atoms with Crippen LogP contribution < -0.4 is 10.1 Å². The van der Waals surface area contributed by atoms with Crippen LogP contribution in [-0.4, -0.2) is 19.1 Å². The van der Waals surface area contributed by atoms with E-state index in [9.17, 15) is 4.79 Å². The smallest absolute Gasteiger partial charge is 0.257 e. The van der Waals surface area contributed by atoms with Crippen molar-refractivity contribution in [2.45, 2.75) is 33.6 Å². The number of amides is 1. The maximum Gasteiger partial charge on any atom is 0.257 e. The highest BCUT2D eigenvalue weighted by atomic mass is 16.5. The Kier molecular flexibility index (Phi) is 6.26. The van der Waals surface area contributed by atoms with E-state index in [1.165, 1.54) is 5.56 Å². The van der Waals surface area contributed by atoms with Crippen LogP contribution >= 0.6 is 0 Å². The van der Waals surface area contributed by atoms with Gasteiger partial charge < -0.3 is 10.1 Å². The Morgan fingerprint density at radius 2 is 1.94 bits per heavy atom. The predicted molar refractivity (Wildman–Crippen MR) is 73.8 cm³/mol. The molecule has 1 N–H and O–H groups in total. The second-order valence-electron chi connectivity index (χ2n) is 4.99. The highest BCUT2D eigenvalue weighted by Crippen LogP contribution is 2.10. The molecule has 18 heavy (non-hydrogen) atoms. The molecule has 0 unspecified atom stereocenters. The first kappa shape index (κ1) is 14.6. The fourth-order valence-corrected chi connectivity index (χ4v) is 1.57. The van der Waals surface area contributed by atoms with Gasteiger partial charge in [0, 0.05) is 6.54 Å². The molecule has 0 saturated heterocycles. The Bertz CT molecular complexity index is 357. The van der Waals surface area contributed by atoms with E-state index in [-0.39, 0.29) is 12.5 Å². The van der Waals surface area contributed by atoms with Gasteiger partial charge in [-0.05, 0) is 37.8 Å². The molecule has 0 bridgehead atoms. The predicted octanol–water partition coefficient (Wildman–Crippen LogP) is 2.93. The molecule has 100 valence electrons. The molecule has 0 aliphatic carbocycles. The summed E-state index contributed by atoms with van der Waals surface area (Å²) >= 11 is 0. The van der Waals surface area contributed by atoms with E-state index < -0.39 is 0 Å². The Morgan fingerprint density at radius 3 is 2.56 bits per heavy atom. The normalized spacial score (nSPS) is 10.4. The number of hydrogen-bond acceptors (Lipinski definition) is 2. The van der Waals surface area contributed by atoms with E-state index in [1.807, 2.05) is 31.2 Å². The van der Waals surface area contributed by atoms with Crippen molar-refractivity contribution in [1.82, 2.24) is 5.32 Å². The van der Waals surface area contributed by atoms with Gasteiger partial charge in [0.15, 0.2) is 6.61 Å². The zero-order valence-electron chi connectivity index (χ0n) is 11.5. The topological polar surface area (TPSA) is 38.3 Å². The van der Waals surface area contributed by atoms with Crippen LogP contribution in [0.15, 0.2) is 24.3 Å². The molecule has 1 rings (SSSR count). The van der Waals surface area contributed by atoms with Crippen molar-refractivity contribution >= 4 is 5.91 Å². The first-order chi connectivity index (χ1) is 8.58. The molecule has 1 aromatic rings. The van der Waals surface area contributed by atoms with E-state index >= 15 is 0 Å². The summed E-state index contributed by atoms with van der Waals surface area (Å²) in [6.45, 7) is 7.20. The van der Waals surface area contributed by atoms with E-state index in [1.54, 1.807) is 0 Å². The van der Waals surface area contributed by atoms with Crippen molar-refractivity contribution in [3.05, 3.63) is 29.8 Å². The molecular weight excluding hydrogens is 226 g/mol. The number of nitrogens with one attached hydrogen (secondary N) is 1.